The SMILES string of the molecule is C/C=C1/C(=O)CC2C3CCC4=C/C(=C\N)CCC4(C)C3CCC12C. The fourth-order valence-corrected chi connectivity index (χ4v) is 6.89. The Bertz CT molecular complexity index is 669. The maximum atomic E-state index is 12.6. The number of carbonyl (C=O) groups is 1. The van der Waals surface area contributed by atoms with Gasteiger partial charge in [-0.15, -0.1) is 0 Å². The van der Waals surface area contributed by atoms with Crippen molar-refractivity contribution in [2.75, 3.05) is 0 Å². The first kappa shape index (κ1) is 16.2. The summed E-state index contributed by atoms with van der Waals surface area (Å²) in [5.74, 6) is 2.46. The molecule has 0 aromatic rings. The number of rotatable bonds is 0. The van der Waals surface area contributed by atoms with E-state index in [1.54, 1.807) is 11.8 Å². The molecule has 24 heavy (non-hydrogen) atoms. The minimum atomic E-state index is 0.140. The van der Waals surface area contributed by atoms with Gasteiger partial charge in [-0.05, 0) is 91.4 Å². The lowest BCUT2D eigenvalue weighted by Crippen LogP contribution is -2.49. The highest BCUT2D eigenvalue weighted by Crippen LogP contribution is 2.66. The van der Waals surface area contributed by atoms with Gasteiger partial charge in [0.05, 0.1) is 0 Å². The first-order valence-electron chi connectivity index (χ1n) is 9.76. The quantitative estimate of drug-likeness (QED) is 0.643. The average molecular weight is 325 g/mol. The molecule has 0 spiro atoms. The maximum absolute atomic E-state index is 12.6. The highest BCUT2D eigenvalue weighted by atomic mass is 16.1. The van der Waals surface area contributed by atoms with Crippen LogP contribution in [-0.4, -0.2) is 5.78 Å². The van der Waals surface area contributed by atoms with E-state index in [4.69, 9.17) is 5.73 Å². The van der Waals surface area contributed by atoms with E-state index in [2.05, 4.69) is 32.9 Å². The Hall–Kier alpha value is -1.31. The molecule has 0 aromatic carbocycles. The Balaban J connectivity index is 1.71. The second-order valence-corrected chi connectivity index (χ2v) is 9.03. The molecule has 0 aliphatic heterocycles. The fourth-order valence-electron chi connectivity index (χ4n) is 6.89. The predicted octanol–water partition coefficient (Wildman–Crippen LogP) is 4.92. The number of carbonyl (C=O) groups excluding carboxylic acids is 1. The third-order valence-corrected chi connectivity index (χ3v) is 8.24. The first-order valence-corrected chi connectivity index (χ1v) is 9.76. The van der Waals surface area contributed by atoms with Crippen molar-refractivity contribution in [3.63, 3.8) is 0 Å². The average Bonchev–Trinajstić information content (AvgIpc) is 2.83. The van der Waals surface area contributed by atoms with Crippen molar-refractivity contribution >= 4 is 5.78 Å². The number of allylic oxidation sites excluding steroid dienone is 5. The fraction of sp³-hybridized carbons (Fsp3) is 0.682. The number of fused-ring (bicyclic) bond motifs is 5. The van der Waals surface area contributed by atoms with Crippen molar-refractivity contribution in [3.05, 3.63) is 35.1 Å². The van der Waals surface area contributed by atoms with Gasteiger partial charge >= 0.3 is 0 Å². The minimum Gasteiger partial charge on any atom is -0.404 e. The molecule has 3 saturated carbocycles. The predicted molar refractivity (Wildman–Crippen MR) is 98.1 cm³/mol. The van der Waals surface area contributed by atoms with E-state index in [0.29, 0.717) is 17.1 Å². The van der Waals surface area contributed by atoms with E-state index in [0.717, 1.165) is 30.3 Å². The summed E-state index contributed by atoms with van der Waals surface area (Å²) in [5, 5.41) is 0. The van der Waals surface area contributed by atoms with Crippen LogP contribution in [0.15, 0.2) is 35.1 Å². The van der Waals surface area contributed by atoms with E-state index in [1.807, 2.05) is 0 Å². The molecule has 4 aliphatic rings. The number of hydrogen-bond donors (Lipinski definition) is 1. The van der Waals surface area contributed by atoms with Crippen LogP contribution >= 0.6 is 0 Å². The van der Waals surface area contributed by atoms with E-state index in [1.165, 1.54) is 37.7 Å². The normalized spacial score (nSPS) is 48.0. The van der Waals surface area contributed by atoms with E-state index < -0.39 is 0 Å². The van der Waals surface area contributed by atoms with Gasteiger partial charge in [0.15, 0.2) is 5.78 Å². The summed E-state index contributed by atoms with van der Waals surface area (Å²) < 4.78 is 0. The molecule has 0 radical (unpaired) electrons. The lowest BCUT2D eigenvalue weighted by atomic mass is 9.47. The summed E-state index contributed by atoms with van der Waals surface area (Å²) in [5.41, 5.74) is 10.3. The van der Waals surface area contributed by atoms with Crippen molar-refractivity contribution < 1.29 is 4.79 Å². The molecule has 0 aromatic heterocycles. The van der Waals surface area contributed by atoms with Crippen LogP contribution in [0.2, 0.25) is 0 Å². The van der Waals surface area contributed by atoms with Crippen LogP contribution in [0.5, 0.6) is 0 Å². The minimum absolute atomic E-state index is 0.140. The van der Waals surface area contributed by atoms with Gasteiger partial charge in [-0.2, -0.15) is 0 Å². The first-order chi connectivity index (χ1) is 11.4. The maximum Gasteiger partial charge on any atom is 0.159 e. The highest BCUT2D eigenvalue weighted by Gasteiger charge is 2.59. The van der Waals surface area contributed by atoms with E-state index in [9.17, 15) is 4.79 Å². The molecule has 2 N–H and O–H groups in total. The van der Waals surface area contributed by atoms with Crippen LogP contribution in [0.3, 0.4) is 0 Å². The van der Waals surface area contributed by atoms with E-state index >= 15 is 0 Å². The van der Waals surface area contributed by atoms with Gasteiger partial charge in [0.1, 0.15) is 0 Å². The topological polar surface area (TPSA) is 43.1 Å². The standard InChI is InChI=1S/C22H31NO/c1-4-17-20(24)12-19-16-6-5-15-11-14(13-23)7-9-21(15,2)18(16)8-10-22(17,19)3/h4,11,13,16,18-19H,5-10,12,23H2,1-3H3/b14-13-,17-4-. The summed E-state index contributed by atoms with van der Waals surface area (Å²) >= 11 is 0. The monoisotopic (exact) mass is 325 g/mol. The Morgan fingerprint density at radius 3 is 2.62 bits per heavy atom. The second kappa shape index (κ2) is 5.34. The largest absolute Gasteiger partial charge is 0.404 e. The lowest BCUT2D eigenvalue weighted by molar-refractivity contribution is -0.115. The van der Waals surface area contributed by atoms with Gasteiger partial charge in [0, 0.05) is 6.42 Å². The lowest BCUT2D eigenvalue weighted by Gasteiger charge is -2.57. The number of Topliss-reactive ketones (excluding diaryl/α,β-unsaturated/α-hetero) is 1. The Labute approximate surface area is 146 Å². The highest BCUT2D eigenvalue weighted by molar-refractivity contribution is 5.99. The number of ketones is 1. The molecule has 3 fully saturated rings. The third-order valence-electron chi connectivity index (χ3n) is 8.24. The summed E-state index contributed by atoms with van der Waals surface area (Å²) in [4.78, 5) is 12.6. The van der Waals surface area contributed by atoms with Gasteiger partial charge in [-0.25, -0.2) is 0 Å². The van der Waals surface area contributed by atoms with Crippen LogP contribution in [0.1, 0.15) is 65.7 Å². The van der Waals surface area contributed by atoms with E-state index in [-0.39, 0.29) is 5.41 Å². The molecule has 2 nitrogen and oxygen atoms in total. The van der Waals surface area contributed by atoms with Crippen molar-refractivity contribution in [2.24, 2.45) is 34.3 Å². The van der Waals surface area contributed by atoms with Crippen LogP contribution in [-0.2, 0) is 4.79 Å². The summed E-state index contributed by atoms with van der Waals surface area (Å²) in [6.07, 6.45) is 14.4. The van der Waals surface area contributed by atoms with Crippen LogP contribution < -0.4 is 5.73 Å². The van der Waals surface area contributed by atoms with Gasteiger partial charge in [-0.3, -0.25) is 4.79 Å². The summed E-state index contributed by atoms with van der Waals surface area (Å²) in [6, 6.07) is 0. The Morgan fingerprint density at radius 2 is 1.92 bits per heavy atom. The molecular formula is C22H31NO. The molecule has 0 saturated heterocycles. The molecule has 0 bridgehead atoms. The van der Waals surface area contributed by atoms with Crippen LogP contribution in [0.4, 0.5) is 0 Å². The molecule has 0 amide bonds. The molecule has 2 heteroatoms. The van der Waals surface area contributed by atoms with Gasteiger partial charge in [0.2, 0.25) is 0 Å². The van der Waals surface area contributed by atoms with Crippen molar-refractivity contribution in [1.82, 2.24) is 0 Å². The van der Waals surface area contributed by atoms with Crippen molar-refractivity contribution in [2.45, 2.75) is 65.7 Å². The second-order valence-electron chi connectivity index (χ2n) is 9.03. The van der Waals surface area contributed by atoms with Crippen molar-refractivity contribution in [3.8, 4) is 0 Å². The van der Waals surface area contributed by atoms with Crippen LogP contribution in [0.25, 0.3) is 0 Å². The summed E-state index contributed by atoms with van der Waals surface area (Å²) in [6.45, 7) is 6.93. The molecular weight excluding hydrogens is 294 g/mol. The van der Waals surface area contributed by atoms with Gasteiger partial charge in [-0.1, -0.05) is 31.6 Å². The zero-order valence-corrected chi connectivity index (χ0v) is 15.4. The molecule has 5 unspecified atom stereocenters. The molecule has 0 heterocycles. The van der Waals surface area contributed by atoms with Gasteiger partial charge in [0.25, 0.3) is 0 Å². The molecule has 4 rings (SSSR count). The zero-order valence-electron chi connectivity index (χ0n) is 15.4. The van der Waals surface area contributed by atoms with Crippen molar-refractivity contribution in [1.29, 1.82) is 0 Å². The Kier molecular flexibility index (Phi) is 3.60. The smallest absolute Gasteiger partial charge is 0.159 e. The zero-order chi connectivity index (χ0) is 17.1. The molecule has 5 atom stereocenters. The molecule has 130 valence electrons. The number of nitrogens with two attached hydrogens (primary N) is 1. The molecule has 4 aliphatic carbocycles. The third kappa shape index (κ3) is 1.98. The summed E-state index contributed by atoms with van der Waals surface area (Å²) in [7, 11) is 0. The number of hydrogen-bond acceptors (Lipinski definition) is 2. The Morgan fingerprint density at radius 1 is 1.12 bits per heavy atom. The van der Waals surface area contributed by atoms with Crippen LogP contribution in [0, 0.1) is 28.6 Å². The van der Waals surface area contributed by atoms with Gasteiger partial charge < -0.3 is 5.73 Å².